The minimum Gasteiger partial charge on any atom is -0.385 e. The molecule has 6 heteroatoms. The van der Waals surface area contributed by atoms with E-state index in [0.717, 1.165) is 27.7 Å². The summed E-state index contributed by atoms with van der Waals surface area (Å²) in [5.74, 6) is 0.0657. The Morgan fingerprint density at radius 3 is 2.78 bits per heavy atom. The van der Waals surface area contributed by atoms with Crippen molar-refractivity contribution >= 4 is 27.6 Å². The van der Waals surface area contributed by atoms with Crippen LogP contribution in [0.4, 0.5) is 0 Å². The van der Waals surface area contributed by atoms with Gasteiger partial charge in [0.05, 0.1) is 11.7 Å². The number of rotatable bonds is 4. The molecule has 1 saturated carbocycles. The zero-order valence-corrected chi connectivity index (χ0v) is 16.4. The van der Waals surface area contributed by atoms with Crippen molar-refractivity contribution in [1.82, 2.24) is 9.88 Å². The van der Waals surface area contributed by atoms with Crippen molar-refractivity contribution in [2.24, 2.45) is 5.92 Å². The predicted molar refractivity (Wildman–Crippen MR) is 104 cm³/mol. The molecule has 4 rings (SSSR count). The van der Waals surface area contributed by atoms with Crippen LogP contribution < -0.4 is 0 Å². The van der Waals surface area contributed by atoms with E-state index in [0.29, 0.717) is 25.8 Å². The number of carbonyl (C=O) groups excluding carboxylic acids is 2. The monoisotopic (exact) mass is 428 g/mol. The number of benzene rings is 1. The molecule has 2 heterocycles. The zero-order valence-electron chi connectivity index (χ0n) is 14.8. The highest BCUT2D eigenvalue weighted by Gasteiger charge is 2.39. The van der Waals surface area contributed by atoms with Crippen LogP contribution in [0.1, 0.15) is 46.9 Å². The highest BCUT2D eigenvalue weighted by atomic mass is 79.9. The molecule has 1 amide bonds. The lowest BCUT2D eigenvalue weighted by atomic mass is 9.85. The maximum Gasteiger partial charge on any atom is 0.254 e. The highest BCUT2D eigenvalue weighted by molar-refractivity contribution is 9.10. The molecular weight excluding hydrogens is 408 g/mol. The van der Waals surface area contributed by atoms with Gasteiger partial charge in [-0.25, -0.2) is 0 Å². The van der Waals surface area contributed by atoms with E-state index >= 15 is 0 Å². The summed E-state index contributed by atoms with van der Waals surface area (Å²) in [6, 6.07) is 11.5. The molecule has 27 heavy (non-hydrogen) atoms. The number of aliphatic hydroxyl groups excluding tert-OH is 1. The van der Waals surface area contributed by atoms with Crippen LogP contribution in [0.25, 0.3) is 0 Å². The van der Waals surface area contributed by atoms with E-state index in [1.54, 1.807) is 6.20 Å². The fourth-order valence-electron chi connectivity index (χ4n) is 4.15. The van der Waals surface area contributed by atoms with Crippen molar-refractivity contribution in [3.63, 3.8) is 0 Å². The smallest absolute Gasteiger partial charge is 0.254 e. The first kappa shape index (κ1) is 18.3. The van der Waals surface area contributed by atoms with Crippen LogP contribution in [0.2, 0.25) is 0 Å². The van der Waals surface area contributed by atoms with E-state index in [9.17, 15) is 14.7 Å². The number of halogens is 1. The molecule has 1 N–H and O–H groups in total. The SMILES string of the molecule is O=C1CCC(CN2C(=O)c3ccccc3C2Cc2ncccc2Br)CC1O. The number of pyridine rings is 1. The lowest BCUT2D eigenvalue weighted by Gasteiger charge is -2.32. The van der Waals surface area contributed by atoms with Gasteiger partial charge < -0.3 is 10.0 Å². The van der Waals surface area contributed by atoms with Crippen molar-refractivity contribution in [1.29, 1.82) is 0 Å². The van der Waals surface area contributed by atoms with E-state index in [1.165, 1.54) is 0 Å². The minimum absolute atomic E-state index is 0.0223. The van der Waals surface area contributed by atoms with Crippen LogP contribution in [-0.2, 0) is 11.2 Å². The number of fused-ring (bicyclic) bond motifs is 1. The zero-order chi connectivity index (χ0) is 19.0. The number of aromatic nitrogens is 1. The fourth-order valence-corrected chi connectivity index (χ4v) is 4.57. The largest absolute Gasteiger partial charge is 0.385 e. The molecule has 140 valence electrons. The molecule has 0 radical (unpaired) electrons. The number of amides is 1. The lowest BCUT2D eigenvalue weighted by molar-refractivity contribution is -0.130. The van der Waals surface area contributed by atoms with Gasteiger partial charge >= 0.3 is 0 Å². The Hall–Kier alpha value is -2.05. The Morgan fingerprint density at radius 1 is 1.19 bits per heavy atom. The average molecular weight is 429 g/mol. The maximum absolute atomic E-state index is 13.1. The van der Waals surface area contributed by atoms with E-state index in [-0.39, 0.29) is 23.7 Å². The second-order valence-electron chi connectivity index (χ2n) is 7.32. The maximum atomic E-state index is 13.1. The topological polar surface area (TPSA) is 70.5 Å². The summed E-state index contributed by atoms with van der Waals surface area (Å²) >= 11 is 3.56. The molecule has 0 bridgehead atoms. The Labute approximate surface area is 166 Å². The van der Waals surface area contributed by atoms with Gasteiger partial charge in [0.25, 0.3) is 5.91 Å². The van der Waals surface area contributed by atoms with Gasteiger partial charge in [0.2, 0.25) is 0 Å². The van der Waals surface area contributed by atoms with Crippen molar-refractivity contribution in [2.45, 2.75) is 37.8 Å². The van der Waals surface area contributed by atoms with Crippen LogP contribution in [0.3, 0.4) is 0 Å². The fraction of sp³-hybridized carbons (Fsp3) is 0.381. The first-order valence-corrected chi connectivity index (χ1v) is 10.0. The Balaban J connectivity index is 1.61. The van der Waals surface area contributed by atoms with Gasteiger partial charge in [-0.2, -0.15) is 0 Å². The van der Waals surface area contributed by atoms with Crippen molar-refractivity contribution in [2.75, 3.05) is 6.54 Å². The number of aliphatic hydroxyl groups is 1. The van der Waals surface area contributed by atoms with Gasteiger partial charge in [-0.3, -0.25) is 14.6 Å². The molecular formula is C21H21BrN2O3. The number of hydrogen-bond acceptors (Lipinski definition) is 4. The van der Waals surface area contributed by atoms with Gasteiger partial charge in [0, 0.05) is 35.6 Å². The van der Waals surface area contributed by atoms with E-state index < -0.39 is 6.10 Å². The van der Waals surface area contributed by atoms with Crippen LogP contribution in [0, 0.1) is 5.92 Å². The molecule has 0 spiro atoms. The predicted octanol–water partition coefficient (Wildman–Crippen LogP) is 3.31. The molecule has 1 aliphatic carbocycles. The summed E-state index contributed by atoms with van der Waals surface area (Å²) in [6.45, 7) is 0.549. The summed E-state index contributed by atoms with van der Waals surface area (Å²) in [5, 5.41) is 9.93. The van der Waals surface area contributed by atoms with Crippen molar-refractivity contribution in [3.05, 3.63) is 63.9 Å². The first-order valence-electron chi connectivity index (χ1n) is 9.24. The van der Waals surface area contributed by atoms with Crippen molar-refractivity contribution in [3.8, 4) is 0 Å². The molecule has 0 saturated heterocycles. The number of Topliss-reactive ketones (excluding diaryl/α,β-unsaturated/α-hetero) is 1. The number of nitrogens with zero attached hydrogens (tertiary/aromatic N) is 2. The van der Waals surface area contributed by atoms with Crippen LogP contribution in [0.15, 0.2) is 47.1 Å². The van der Waals surface area contributed by atoms with Gasteiger partial charge in [0.1, 0.15) is 6.10 Å². The molecule has 1 aromatic carbocycles. The molecule has 1 aliphatic heterocycles. The first-order chi connectivity index (χ1) is 13.0. The number of hydrogen-bond donors (Lipinski definition) is 1. The second kappa shape index (κ2) is 7.52. The van der Waals surface area contributed by atoms with Gasteiger partial charge in [-0.05, 0) is 58.5 Å². The van der Waals surface area contributed by atoms with E-state index in [2.05, 4.69) is 20.9 Å². The average Bonchev–Trinajstić information content (AvgIpc) is 2.92. The van der Waals surface area contributed by atoms with Crippen LogP contribution in [-0.4, -0.2) is 39.3 Å². The third-order valence-electron chi connectivity index (χ3n) is 5.59. The Morgan fingerprint density at radius 2 is 2.00 bits per heavy atom. The molecule has 2 aromatic rings. The van der Waals surface area contributed by atoms with E-state index in [4.69, 9.17) is 0 Å². The summed E-state index contributed by atoms with van der Waals surface area (Å²) in [4.78, 5) is 31.1. The van der Waals surface area contributed by atoms with E-state index in [1.807, 2.05) is 41.3 Å². The number of carbonyl (C=O) groups is 2. The Kier molecular flexibility index (Phi) is 5.10. The van der Waals surface area contributed by atoms with Gasteiger partial charge in [0.15, 0.2) is 5.78 Å². The number of ketones is 1. The highest BCUT2D eigenvalue weighted by Crippen LogP contribution is 2.38. The summed E-state index contributed by atoms with van der Waals surface area (Å²) in [6.07, 6.45) is 3.02. The normalized spacial score (nSPS) is 25.0. The minimum atomic E-state index is -0.896. The molecule has 2 aliphatic rings. The molecule has 1 fully saturated rings. The molecule has 1 aromatic heterocycles. The Bertz CT molecular complexity index is 885. The lowest BCUT2D eigenvalue weighted by Crippen LogP contribution is -2.39. The summed E-state index contributed by atoms with van der Waals surface area (Å²) in [5.41, 5.74) is 2.67. The molecule has 3 atom stereocenters. The molecule has 5 nitrogen and oxygen atoms in total. The van der Waals surface area contributed by atoms with Gasteiger partial charge in [-0.1, -0.05) is 18.2 Å². The molecule has 3 unspecified atom stereocenters. The standard InChI is InChI=1S/C21H21BrN2O3/c22-16-6-3-9-23-17(16)11-18-14-4-1-2-5-15(14)21(27)24(18)12-13-7-8-19(25)20(26)10-13/h1-6,9,13,18,20,26H,7-8,10-12H2. The van der Waals surface area contributed by atoms with Crippen molar-refractivity contribution < 1.29 is 14.7 Å². The van der Waals surface area contributed by atoms with Crippen LogP contribution >= 0.6 is 15.9 Å². The van der Waals surface area contributed by atoms with Gasteiger partial charge in [-0.15, -0.1) is 0 Å². The third-order valence-corrected chi connectivity index (χ3v) is 6.31. The summed E-state index contributed by atoms with van der Waals surface area (Å²) < 4.78 is 0.931. The van der Waals surface area contributed by atoms with Crippen LogP contribution in [0.5, 0.6) is 0 Å². The third kappa shape index (κ3) is 3.56. The quantitative estimate of drug-likeness (QED) is 0.810. The second-order valence-corrected chi connectivity index (χ2v) is 8.17. The summed E-state index contributed by atoms with van der Waals surface area (Å²) in [7, 11) is 0.